The molecule has 0 spiro atoms. The van der Waals surface area contributed by atoms with Crippen molar-refractivity contribution in [1.82, 2.24) is 14.8 Å². The Kier molecular flexibility index (Phi) is 5.54. The van der Waals surface area contributed by atoms with Gasteiger partial charge in [0.25, 0.3) is 5.90 Å². The number of morpholine rings is 1. The summed E-state index contributed by atoms with van der Waals surface area (Å²) in [6.07, 6.45) is 1.60. The smallest absolute Gasteiger partial charge is 0.300 e. The topological polar surface area (TPSA) is 101 Å². The number of fused-ring (bicyclic) bond motifs is 1. The third-order valence-corrected chi connectivity index (χ3v) is 6.07. The molecule has 0 bridgehead atoms. The van der Waals surface area contributed by atoms with Gasteiger partial charge >= 0.3 is 5.56 Å². The predicted molar refractivity (Wildman–Crippen MR) is 121 cm³/mol. The molecule has 2 aliphatic rings. The van der Waals surface area contributed by atoms with E-state index in [2.05, 4.69) is 20.4 Å². The summed E-state index contributed by atoms with van der Waals surface area (Å²) in [5.41, 5.74) is 4.35. The zero-order chi connectivity index (χ0) is 22.2. The lowest BCUT2D eigenvalue weighted by molar-refractivity contribution is 0.122. The number of halogens is 2. The lowest BCUT2D eigenvalue weighted by Gasteiger charge is -2.28. The van der Waals surface area contributed by atoms with Gasteiger partial charge in [0.2, 0.25) is 5.75 Å². The molecule has 1 atom stereocenters. The van der Waals surface area contributed by atoms with Crippen molar-refractivity contribution in [3.05, 3.63) is 68.2 Å². The van der Waals surface area contributed by atoms with Gasteiger partial charge in [-0.1, -0.05) is 29.3 Å². The standard InChI is InChI=1S/C21H19Cl2N5O4/c22-14-3-1-12(9-15(14)23)10-17-25-26-20(32-17)18-19(29)21(30)28-11-13(2-4-16(28)24-18)27-5-7-31-8-6-27/h1-4,9,11,17,25,29H,5-8,10H2. The van der Waals surface area contributed by atoms with Gasteiger partial charge in [0.1, 0.15) is 5.65 Å². The quantitative estimate of drug-likeness (QED) is 0.597. The van der Waals surface area contributed by atoms with E-state index < -0.39 is 17.5 Å². The zero-order valence-electron chi connectivity index (χ0n) is 16.8. The average molecular weight is 476 g/mol. The third kappa shape index (κ3) is 3.94. The van der Waals surface area contributed by atoms with Gasteiger partial charge in [-0.2, -0.15) is 0 Å². The number of aromatic hydroxyl groups is 1. The maximum absolute atomic E-state index is 12.9. The van der Waals surface area contributed by atoms with Crippen LogP contribution in [-0.4, -0.2) is 52.9 Å². The first kappa shape index (κ1) is 20.9. The molecule has 0 radical (unpaired) electrons. The molecule has 1 aromatic carbocycles. The fourth-order valence-corrected chi connectivity index (χ4v) is 3.99. The Labute approximate surface area is 192 Å². The number of hydrogen-bond acceptors (Lipinski definition) is 8. The van der Waals surface area contributed by atoms with Crippen LogP contribution >= 0.6 is 23.2 Å². The van der Waals surface area contributed by atoms with E-state index in [0.717, 1.165) is 24.3 Å². The molecular formula is C21H19Cl2N5O4. The van der Waals surface area contributed by atoms with Gasteiger partial charge < -0.3 is 19.5 Å². The van der Waals surface area contributed by atoms with Crippen molar-refractivity contribution in [3.8, 4) is 5.75 Å². The Bertz CT molecular complexity index is 1270. The van der Waals surface area contributed by atoms with Crippen LogP contribution in [-0.2, 0) is 15.9 Å². The van der Waals surface area contributed by atoms with Crippen LogP contribution in [0.1, 0.15) is 11.3 Å². The Balaban J connectivity index is 1.38. The highest BCUT2D eigenvalue weighted by Gasteiger charge is 2.27. The first-order chi connectivity index (χ1) is 15.5. The molecule has 9 nitrogen and oxygen atoms in total. The average Bonchev–Trinajstić information content (AvgIpc) is 3.27. The van der Waals surface area contributed by atoms with E-state index >= 15 is 0 Å². The summed E-state index contributed by atoms with van der Waals surface area (Å²) >= 11 is 12.0. The van der Waals surface area contributed by atoms with Gasteiger partial charge in [0, 0.05) is 25.7 Å². The van der Waals surface area contributed by atoms with Crippen molar-refractivity contribution >= 4 is 40.4 Å². The van der Waals surface area contributed by atoms with Crippen LogP contribution < -0.4 is 15.9 Å². The van der Waals surface area contributed by atoms with Gasteiger partial charge in [0.05, 0.1) is 28.9 Å². The van der Waals surface area contributed by atoms with Gasteiger partial charge in [0.15, 0.2) is 11.9 Å². The molecule has 0 aliphatic carbocycles. The Morgan fingerprint density at radius 1 is 1.16 bits per heavy atom. The second-order valence-electron chi connectivity index (χ2n) is 7.43. The molecule has 2 aromatic heterocycles. The predicted octanol–water partition coefficient (Wildman–Crippen LogP) is 2.39. The number of hydrazone groups is 1. The molecule has 11 heteroatoms. The van der Waals surface area contributed by atoms with Crippen molar-refractivity contribution in [2.24, 2.45) is 5.10 Å². The molecule has 4 heterocycles. The number of rotatable bonds is 4. The Hall–Kier alpha value is -3.01. The highest BCUT2D eigenvalue weighted by Crippen LogP contribution is 2.25. The van der Waals surface area contributed by atoms with Crippen LogP contribution in [0.3, 0.4) is 0 Å². The highest BCUT2D eigenvalue weighted by atomic mass is 35.5. The fourth-order valence-electron chi connectivity index (χ4n) is 3.67. The Morgan fingerprint density at radius 3 is 2.75 bits per heavy atom. The minimum Gasteiger partial charge on any atom is -0.501 e. The van der Waals surface area contributed by atoms with Gasteiger partial charge in [-0.3, -0.25) is 14.6 Å². The number of ether oxygens (including phenoxy) is 2. The van der Waals surface area contributed by atoms with Crippen molar-refractivity contribution in [3.63, 3.8) is 0 Å². The SMILES string of the molecule is O=c1c(O)c(C2=NNC(Cc3ccc(Cl)c(Cl)c3)O2)nc2ccc(N3CCOCC3)cn12. The molecule has 0 saturated carbocycles. The maximum Gasteiger partial charge on any atom is 0.300 e. The number of aromatic nitrogens is 2. The lowest BCUT2D eigenvalue weighted by Crippen LogP contribution is -2.36. The summed E-state index contributed by atoms with van der Waals surface area (Å²) in [6, 6.07) is 8.90. The minimum atomic E-state index is -0.598. The van der Waals surface area contributed by atoms with Crippen LogP contribution in [0.15, 0.2) is 46.4 Å². The highest BCUT2D eigenvalue weighted by molar-refractivity contribution is 6.42. The van der Waals surface area contributed by atoms with E-state index in [9.17, 15) is 9.90 Å². The van der Waals surface area contributed by atoms with E-state index in [0.29, 0.717) is 35.3 Å². The minimum absolute atomic E-state index is 0.0155. The summed E-state index contributed by atoms with van der Waals surface area (Å²) in [4.78, 5) is 19.4. The molecule has 1 unspecified atom stereocenters. The van der Waals surface area contributed by atoms with Gasteiger partial charge in [-0.25, -0.2) is 4.98 Å². The van der Waals surface area contributed by atoms with Crippen molar-refractivity contribution in [2.45, 2.75) is 12.6 Å². The van der Waals surface area contributed by atoms with Crippen LogP contribution in [0, 0.1) is 0 Å². The van der Waals surface area contributed by atoms with E-state index in [1.165, 1.54) is 4.40 Å². The fraction of sp³-hybridized carbons (Fsp3) is 0.286. The zero-order valence-corrected chi connectivity index (χ0v) is 18.3. The van der Waals surface area contributed by atoms with E-state index in [4.69, 9.17) is 32.7 Å². The van der Waals surface area contributed by atoms with Crippen LogP contribution in [0.4, 0.5) is 5.69 Å². The summed E-state index contributed by atoms with van der Waals surface area (Å²) in [5, 5.41) is 15.6. The third-order valence-electron chi connectivity index (χ3n) is 5.33. The molecule has 1 saturated heterocycles. The first-order valence-corrected chi connectivity index (χ1v) is 10.8. The van der Waals surface area contributed by atoms with Crippen molar-refractivity contribution < 1.29 is 14.6 Å². The van der Waals surface area contributed by atoms with Gasteiger partial charge in [-0.15, -0.1) is 5.10 Å². The molecule has 32 heavy (non-hydrogen) atoms. The molecule has 5 rings (SSSR count). The van der Waals surface area contributed by atoms with Crippen LogP contribution in [0.2, 0.25) is 10.0 Å². The monoisotopic (exact) mass is 475 g/mol. The van der Waals surface area contributed by atoms with Crippen molar-refractivity contribution in [1.29, 1.82) is 0 Å². The maximum atomic E-state index is 12.9. The summed E-state index contributed by atoms with van der Waals surface area (Å²) in [6.45, 7) is 2.72. The lowest BCUT2D eigenvalue weighted by atomic mass is 10.1. The van der Waals surface area contributed by atoms with E-state index in [-0.39, 0.29) is 11.6 Å². The summed E-state index contributed by atoms with van der Waals surface area (Å²) in [5.74, 6) is -0.484. The summed E-state index contributed by atoms with van der Waals surface area (Å²) in [7, 11) is 0. The van der Waals surface area contributed by atoms with E-state index in [1.807, 2.05) is 12.1 Å². The Morgan fingerprint density at radius 2 is 1.97 bits per heavy atom. The molecule has 166 valence electrons. The molecule has 2 N–H and O–H groups in total. The number of nitrogens with zero attached hydrogens (tertiary/aromatic N) is 4. The summed E-state index contributed by atoms with van der Waals surface area (Å²) < 4.78 is 12.5. The molecule has 0 amide bonds. The number of benzene rings is 1. The van der Waals surface area contributed by atoms with Gasteiger partial charge in [-0.05, 0) is 29.8 Å². The van der Waals surface area contributed by atoms with Crippen LogP contribution in [0.5, 0.6) is 5.75 Å². The van der Waals surface area contributed by atoms with E-state index in [1.54, 1.807) is 24.4 Å². The largest absolute Gasteiger partial charge is 0.501 e. The molecular weight excluding hydrogens is 457 g/mol. The first-order valence-electron chi connectivity index (χ1n) is 10.0. The van der Waals surface area contributed by atoms with Crippen LogP contribution in [0.25, 0.3) is 5.65 Å². The number of nitrogens with one attached hydrogen (secondary N) is 1. The number of pyridine rings is 1. The molecule has 3 aromatic rings. The number of anilines is 1. The second kappa shape index (κ2) is 8.50. The second-order valence-corrected chi connectivity index (χ2v) is 8.25. The normalized spacial score (nSPS) is 18.4. The van der Waals surface area contributed by atoms with Crippen molar-refractivity contribution in [2.75, 3.05) is 31.2 Å². The molecule has 2 aliphatic heterocycles. The number of hydrogen-bond donors (Lipinski definition) is 2. The molecule has 1 fully saturated rings.